The molecule has 0 bridgehead atoms. The van der Waals surface area contributed by atoms with E-state index in [2.05, 4.69) is 25.5 Å². The predicted octanol–water partition coefficient (Wildman–Crippen LogP) is 1.38. The first-order valence-electron chi connectivity index (χ1n) is 8.62. The molecule has 0 saturated heterocycles. The molecule has 3 heterocycles. The van der Waals surface area contributed by atoms with Crippen molar-refractivity contribution in [1.82, 2.24) is 29.9 Å². The molecule has 3 aromatic heterocycles. The second-order valence-corrected chi connectivity index (χ2v) is 6.79. The molecule has 134 valence electrons. The van der Waals surface area contributed by atoms with Gasteiger partial charge in [0.1, 0.15) is 0 Å². The van der Waals surface area contributed by atoms with Crippen molar-refractivity contribution in [2.24, 2.45) is 5.92 Å². The average Bonchev–Trinajstić information content (AvgIpc) is 3.02. The SMILES string of the molecule is Cc1cc(C)n2c(C(=O)NC(c3ccccn3)C3CC(O)C3)nnc2n1. The molecule has 1 unspecified atom stereocenters. The monoisotopic (exact) mass is 352 g/mol. The number of rotatable bonds is 4. The fourth-order valence-corrected chi connectivity index (χ4v) is 3.48. The van der Waals surface area contributed by atoms with Gasteiger partial charge in [0, 0.05) is 17.6 Å². The fourth-order valence-electron chi connectivity index (χ4n) is 3.48. The highest BCUT2D eigenvalue weighted by Crippen LogP contribution is 2.37. The van der Waals surface area contributed by atoms with Crippen LogP contribution >= 0.6 is 0 Å². The van der Waals surface area contributed by atoms with Crippen LogP contribution < -0.4 is 5.32 Å². The molecule has 0 aliphatic heterocycles. The summed E-state index contributed by atoms with van der Waals surface area (Å²) < 4.78 is 1.65. The molecular weight excluding hydrogens is 332 g/mol. The zero-order valence-corrected chi connectivity index (χ0v) is 14.6. The van der Waals surface area contributed by atoms with E-state index in [-0.39, 0.29) is 29.8 Å². The normalized spacial score (nSPS) is 20.6. The lowest BCUT2D eigenvalue weighted by atomic mass is 9.76. The highest BCUT2D eigenvalue weighted by atomic mass is 16.3. The van der Waals surface area contributed by atoms with Gasteiger partial charge in [0.05, 0.1) is 17.8 Å². The van der Waals surface area contributed by atoms with Crippen molar-refractivity contribution >= 4 is 11.7 Å². The summed E-state index contributed by atoms with van der Waals surface area (Å²) >= 11 is 0. The van der Waals surface area contributed by atoms with Crippen molar-refractivity contribution in [1.29, 1.82) is 0 Å². The number of carbonyl (C=O) groups excluding carboxylic acids is 1. The van der Waals surface area contributed by atoms with E-state index < -0.39 is 0 Å². The molecule has 1 amide bonds. The van der Waals surface area contributed by atoms with Gasteiger partial charge >= 0.3 is 0 Å². The topological polar surface area (TPSA) is 105 Å². The zero-order chi connectivity index (χ0) is 18.3. The number of hydrogen-bond donors (Lipinski definition) is 2. The Kier molecular flexibility index (Phi) is 4.12. The molecule has 8 nitrogen and oxygen atoms in total. The van der Waals surface area contributed by atoms with Gasteiger partial charge in [-0.1, -0.05) is 6.07 Å². The van der Waals surface area contributed by atoms with Gasteiger partial charge < -0.3 is 10.4 Å². The van der Waals surface area contributed by atoms with E-state index in [9.17, 15) is 9.90 Å². The number of fused-ring (bicyclic) bond motifs is 1. The number of amides is 1. The van der Waals surface area contributed by atoms with Crippen LogP contribution in [0, 0.1) is 19.8 Å². The van der Waals surface area contributed by atoms with Crippen LogP contribution in [0.3, 0.4) is 0 Å². The summed E-state index contributed by atoms with van der Waals surface area (Å²) in [7, 11) is 0. The number of aryl methyl sites for hydroxylation is 2. The van der Waals surface area contributed by atoms with Crippen molar-refractivity contribution in [2.45, 2.75) is 38.8 Å². The van der Waals surface area contributed by atoms with Crippen LogP contribution in [0.1, 0.15) is 46.6 Å². The Morgan fingerprint density at radius 1 is 1.31 bits per heavy atom. The van der Waals surface area contributed by atoms with Gasteiger partial charge in [0.15, 0.2) is 0 Å². The average molecular weight is 352 g/mol. The second-order valence-electron chi connectivity index (χ2n) is 6.79. The first-order valence-corrected chi connectivity index (χ1v) is 8.62. The number of nitrogens with one attached hydrogen (secondary N) is 1. The first kappa shape index (κ1) is 16.6. The summed E-state index contributed by atoms with van der Waals surface area (Å²) in [4.78, 5) is 21.6. The highest BCUT2D eigenvalue weighted by Gasteiger charge is 2.37. The van der Waals surface area contributed by atoms with Crippen LogP contribution in [0.25, 0.3) is 5.78 Å². The predicted molar refractivity (Wildman–Crippen MR) is 93.4 cm³/mol. The van der Waals surface area contributed by atoms with E-state index >= 15 is 0 Å². The molecule has 8 heteroatoms. The first-order chi connectivity index (χ1) is 12.5. The van der Waals surface area contributed by atoms with E-state index in [1.54, 1.807) is 10.6 Å². The van der Waals surface area contributed by atoms with Gasteiger partial charge in [-0.15, -0.1) is 10.2 Å². The van der Waals surface area contributed by atoms with Crippen LogP contribution in [0.15, 0.2) is 30.5 Å². The molecular formula is C18H20N6O2. The van der Waals surface area contributed by atoms with E-state index in [0.29, 0.717) is 18.6 Å². The molecule has 2 N–H and O–H groups in total. The lowest BCUT2D eigenvalue weighted by molar-refractivity contribution is 0.0227. The third-order valence-corrected chi connectivity index (χ3v) is 4.81. The van der Waals surface area contributed by atoms with Crippen molar-refractivity contribution < 1.29 is 9.90 Å². The van der Waals surface area contributed by atoms with Crippen molar-refractivity contribution in [3.05, 3.63) is 53.4 Å². The Morgan fingerprint density at radius 2 is 2.12 bits per heavy atom. The van der Waals surface area contributed by atoms with Gasteiger partial charge in [-0.05, 0) is 50.8 Å². The van der Waals surface area contributed by atoms with Crippen LogP contribution in [-0.4, -0.2) is 41.7 Å². The van der Waals surface area contributed by atoms with E-state index in [1.807, 2.05) is 38.1 Å². The number of aromatic nitrogens is 5. The Bertz CT molecular complexity index is 949. The standard InChI is InChI=1S/C18H20N6O2/c1-10-7-11(2)24-16(22-23-18(24)20-10)17(26)21-15(12-8-13(25)9-12)14-5-3-4-6-19-14/h3-7,12-13,15,25H,8-9H2,1-2H3,(H,21,26). The highest BCUT2D eigenvalue weighted by molar-refractivity contribution is 5.91. The van der Waals surface area contributed by atoms with Crippen molar-refractivity contribution in [3.8, 4) is 0 Å². The molecule has 1 saturated carbocycles. The number of nitrogens with zero attached hydrogens (tertiary/aromatic N) is 5. The van der Waals surface area contributed by atoms with Crippen LogP contribution in [0.5, 0.6) is 0 Å². The van der Waals surface area contributed by atoms with Crippen molar-refractivity contribution in [3.63, 3.8) is 0 Å². The smallest absolute Gasteiger partial charge is 0.290 e. The summed E-state index contributed by atoms with van der Waals surface area (Å²) in [6.45, 7) is 3.76. The minimum absolute atomic E-state index is 0.143. The summed E-state index contributed by atoms with van der Waals surface area (Å²) in [5, 5.41) is 20.7. The summed E-state index contributed by atoms with van der Waals surface area (Å²) in [6.07, 6.45) is 2.67. The van der Waals surface area contributed by atoms with E-state index in [1.165, 1.54) is 0 Å². The number of aliphatic hydroxyl groups excluding tert-OH is 1. The molecule has 26 heavy (non-hydrogen) atoms. The van der Waals surface area contributed by atoms with Gasteiger partial charge in [-0.2, -0.15) is 0 Å². The minimum Gasteiger partial charge on any atom is -0.393 e. The minimum atomic E-state index is -0.330. The maximum Gasteiger partial charge on any atom is 0.290 e. The third-order valence-electron chi connectivity index (χ3n) is 4.81. The van der Waals surface area contributed by atoms with Crippen LogP contribution in [0.4, 0.5) is 0 Å². The molecule has 0 aromatic carbocycles. The molecule has 3 aromatic rings. The third kappa shape index (κ3) is 2.92. The largest absolute Gasteiger partial charge is 0.393 e. The molecule has 1 fully saturated rings. The van der Waals surface area contributed by atoms with Crippen molar-refractivity contribution in [2.75, 3.05) is 0 Å². The van der Waals surface area contributed by atoms with Gasteiger partial charge in [-0.25, -0.2) is 4.98 Å². The second kappa shape index (κ2) is 6.45. The van der Waals surface area contributed by atoms with Crippen LogP contribution in [-0.2, 0) is 0 Å². The molecule has 4 rings (SSSR count). The van der Waals surface area contributed by atoms with E-state index in [0.717, 1.165) is 17.1 Å². The summed E-state index contributed by atoms with van der Waals surface area (Å²) in [5.74, 6) is 0.416. The number of carbonyl (C=O) groups is 1. The maximum absolute atomic E-state index is 12.9. The molecule has 1 aliphatic rings. The Balaban J connectivity index is 1.65. The molecule has 0 radical (unpaired) electrons. The van der Waals surface area contributed by atoms with Gasteiger partial charge in [-0.3, -0.25) is 14.2 Å². The molecule has 1 atom stereocenters. The van der Waals surface area contributed by atoms with Gasteiger partial charge in [0.25, 0.3) is 11.7 Å². The number of aliphatic hydroxyl groups is 1. The molecule has 1 aliphatic carbocycles. The number of pyridine rings is 1. The lowest BCUT2D eigenvalue weighted by Gasteiger charge is -2.37. The Hall–Kier alpha value is -2.87. The summed E-state index contributed by atoms with van der Waals surface area (Å²) in [6, 6.07) is 7.21. The Labute approximate surface area is 150 Å². The quantitative estimate of drug-likeness (QED) is 0.735. The summed E-state index contributed by atoms with van der Waals surface area (Å²) in [5.41, 5.74) is 2.44. The van der Waals surface area contributed by atoms with E-state index in [4.69, 9.17) is 0 Å². The molecule has 0 spiro atoms. The van der Waals surface area contributed by atoms with Gasteiger partial charge in [0.2, 0.25) is 5.82 Å². The fraction of sp³-hybridized carbons (Fsp3) is 0.389. The number of hydrogen-bond acceptors (Lipinski definition) is 6. The zero-order valence-electron chi connectivity index (χ0n) is 14.6. The Morgan fingerprint density at radius 3 is 2.81 bits per heavy atom. The lowest BCUT2D eigenvalue weighted by Crippen LogP contribution is -2.42. The van der Waals surface area contributed by atoms with Crippen LogP contribution in [0.2, 0.25) is 0 Å². The maximum atomic E-state index is 12.9.